The molecule has 72 valence electrons. The zero-order valence-corrected chi connectivity index (χ0v) is 7.61. The second-order valence-electron chi connectivity index (χ2n) is 2.80. The van der Waals surface area contributed by atoms with E-state index in [4.69, 9.17) is 10.4 Å². The average molecular weight is 191 g/mol. The van der Waals surface area contributed by atoms with Crippen molar-refractivity contribution in [2.24, 2.45) is 0 Å². The maximum absolute atomic E-state index is 10.7. The summed E-state index contributed by atoms with van der Waals surface area (Å²) in [5.41, 5.74) is 0.520. The van der Waals surface area contributed by atoms with Crippen LogP contribution in [0.15, 0.2) is 12.1 Å². The van der Waals surface area contributed by atoms with Gasteiger partial charge in [-0.05, 0) is 24.1 Å². The van der Waals surface area contributed by atoms with Gasteiger partial charge in [0, 0.05) is 0 Å². The summed E-state index contributed by atoms with van der Waals surface area (Å²) in [6.07, 6.45) is 0.511. The molecule has 0 radical (unpaired) electrons. The van der Waals surface area contributed by atoms with Crippen molar-refractivity contribution in [2.45, 2.75) is 13.3 Å². The molecule has 14 heavy (non-hydrogen) atoms. The van der Waals surface area contributed by atoms with Crippen LogP contribution in [-0.4, -0.2) is 16.2 Å². The Bertz CT molecular complexity index is 418. The average Bonchev–Trinajstić information content (AvgIpc) is 2.16. The Morgan fingerprint density at radius 1 is 1.57 bits per heavy atom. The van der Waals surface area contributed by atoms with E-state index < -0.39 is 5.97 Å². The molecule has 0 aliphatic heterocycles. The number of carboxylic acid groups (broad SMARTS) is 1. The van der Waals surface area contributed by atoms with Crippen molar-refractivity contribution in [2.75, 3.05) is 0 Å². The number of hydrogen-bond donors (Lipinski definition) is 2. The second kappa shape index (κ2) is 3.79. The summed E-state index contributed by atoms with van der Waals surface area (Å²) in [5.74, 6) is -1.33. The Labute approximate surface area is 81.0 Å². The number of rotatable bonds is 2. The Morgan fingerprint density at radius 2 is 2.21 bits per heavy atom. The fourth-order valence-corrected chi connectivity index (χ4v) is 1.26. The molecule has 4 heteroatoms. The van der Waals surface area contributed by atoms with E-state index in [0.717, 1.165) is 6.07 Å². The van der Waals surface area contributed by atoms with E-state index in [1.54, 1.807) is 6.92 Å². The first-order valence-corrected chi connectivity index (χ1v) is 4.09. The fourth-order valence-electron chi connectivity index (χ4n) is 1.26. The predicted molar refractivity (Wildman–Crippen MR) is 49.2 cm³/mol. The molecule has 0 amide bonds. The van der Waals surface area contributed by atoms with Gasteiger partial charge in [-0.25, -0.2) is 4.79 Å². The number of phenols is 1. The first-order valence-electron chi connectivity index (χ1n) is 4.09. The highest BCUT2D eigenvalue weighted by atomic mass is 16.4. The monoisotopic (exact) mass is 191 g/mol. The zero-order valence-electron chi connectivity index (χ0n) is 7.61. The third-order valence-electron chi connectivity index (χ3n) is 1.93. The highest BCUT2D eigenvalue weighted by Gasteiger charge is 2.14. The van der Waals surface area contributed by atoms with Crippen molar-refractivity contribution in [3.05, 3.63) is 28.8 Å². The quantitative estimate of drug-likeness (QED) is 0.742. The smallest absolute Gasteiger partial charge is 0.337 e. The van der Waals surface area contributed by atoms with Gasteiger partial charge in [0.15, 0.2) is 0 Å². The molecule has 0 aliphatic carbocycles. The third kappa shape index (κ3) is 1.67. The number of carboxylic acids is 1. The summed E-state index contributed by atoms with van der Waals surface area (Å²) in [7, 11) is 0. The van der Waals surface area contributed by atoms with E-state index in [-0.39, 0.29) is 16.9 Å². The van der Waals surface area contributed by atoms with Gasteiger partial charge in [0.1, 0.15) is 11.8 Å². The summed E-state index contributed by atoms with van der Waals surface area (Å²) >= 11 is 0. The lowest BCUT2D eigenvalue weighted by molar-refractivity contribution is 0.0696. The number of nitriles is 1. The van der Waals surface area contributed by atoms with Crippen LogP contribution in [0.5, 0.6) is 5.75 Å². The lowest BCUT2D eigenvalue weighted by Gasteiger charge is -2.05. The lowest BCUT2D eigenvalue weighted by Crippen LogP contribution is -2.03. The van der Waals surface area contributed by atoms with E-state index in [9.17, 15) is 9.90 Å². The zero-order chi connectivity index (χ0) is 10.7. The molecule has 1 aromatic rings. The van der Waals surface area contributed by atoms with E-state index in [1.807, 2.05) is 6.07 Å². The van der Waals surface area contributed by atoms with Crippen LogP contribution < -0.4 is 0 Å². The first-order chi connectivity index (χ1) is 6.60. The first kappa shape index (κ1) is 10.1. The third-order valence-corrected chi connectivity index (χ3v) is 1.93. The minimum absolute atomic E-state index is 0.123. The van der Waals surface area contributed by atoms with Gasteiger partial charge in [0.2, 0.25) is 0 Å². The van der Waals surface area contributed by atoms with Crippen LogP contribution in [0.4, 0.5) is 0 Å². The van der Waals surface area contributed by atoms with Crippen molar-refractivity contribution in [1.29, 1.82) is 5.26 Å². The van der Waals surface area contributed by atoms with Crippen LogP contribution in [0.25, 0.3) is 0 Å². The Kier molecular flexibility index (Phi) is 2.73. The van der Waals surface area contributed by atoms with Gasteiger partial charge in [-0.15, -0.1) is 0 Å². The number of aromatic carboxylic acids is 1. The van der Waals surface area contributed by atoms with Gasteiger partial charge in [0.05, 0.1) is 11.1 Å². The highest BCUT2D eigenvalue weighted by Crippen LogP contribution is 2.21. The second-order valence-corrected chi connectivity index (χ2v) is 2.80. The van der Waals surface area contributed by atoms with Crippen molar-refractivity contribution < 1.29 is 15.0 Å². The van der Waals surface area contributed by atoms with E-state index in [1.165, 1.54) is 6.07 Å². The molecule has 0 heterocycles. The number of hydrogen-bond acceptors (Lipinski definition) is 3. The van der Waals surface area contributed by atoms with E-state index in [2.05, 4.69) is 0 Å². The molecule has 1 aromatic carbocycles. The lowest BCUT2D eigenvalue weighted by atomic mass is 10.00. The number of aryl methyl sites for hydroxylation is 1. The van der Waals surface area contributed by atoms with Crippen molar-refractivity contribution in [3.8, 4) is 11.8 Å². The standard InChI is InChI=1S/C10H9NO3/c1-2-6-3-7(12)4-8(10(13)14)9(6)5-11/h3-4,12H,2H2,1H3,(H,13,14). The van der Waals surface area contributed by atoms with Gasteiger partial charge in [0.25, 0.3) is 0 Å². The number of phenolic OH excluding ortho intramolecular Hbond substituents is 1. The molecule has 0 saturated heterocycles. The molecule has 1 rings (SSSR count). The van der Waals surface area contributed by atoms with Crippen molar-refractivity contribution in [3.63, 3.8) is 0 Å². The molecule has 0 fully saturated rings. The van der Waals surface area contributed by atoms with Gasteiger partial charge < -0.3 is 10.2 Å². The highest BCUT2D eigenvalue weighted by molar-refractivity contribution is 5.91. The van der Waals surface area contributed by atoms with Crippen LogP contribution in [-0.2, 0) is 6.42 Å². The van der Waals surface area contributed by atoms with Crippen LogP contribution in [0, 0.1) is 11.3 Å². The molecule has 0 atom stereocenters. The van der Waals surface area contributed by atoms with Gasteiger partial charge in [-0.1, -0.05) is 6.92 Å². The van der Waals surface area contributed by atoms with Crippen molar-refractivity contribution in [1.82, 2.24) is 0 Å². The number of nitrogens with zero attached hydrogens (tertiary/aromatic N) is 1. The number of carbonyl (C=O) groups is 1. The summed E-state index contributed by atoms with van der Waals surface area (Å²) < 4.78 is 0. The summed E-state index contributed by atoms with van der Waals surface area (Å²) in [6, 6.07) is 4.32. The van der Waals surface area contributed by atoms with Crippen LogP contribution in [0.2, 0.25) is 0 Å². The molecule has 2 N–H and O–H groups in total. The van der Waals surface area contributed by atoms with Crippen molar-refractivity contribution >= 4 is 5.97 Å². The van der Waals surface area contributed by atoms with Crippen LogP contribution >= 0.6 is 0 Å². The Balaban J connectivity index is 3.49. The van der Waals surface area contributed by atoms with Gasteiger partial charge in [-0.2, -0.15) is 5.26 Å². The van der Waals surface area contributed by atoms with Crippen LogP contribution in [0.1, 0.15) is 28.4 Å². The largest absolute Gasteiger partial charge is 0.508 e. The molecule has 0 aliphatic rings. The maximum Gasteiger partial charge on any atom is 0.337 e. The van der Waals surface area contributed by atoms with E-state index in [0.29, 0.717) is 12.0 Å². The minimum Gasteiger partial charge on any atom is -0.508 e. The molecule has 0 unspecified atom stereocenters. The Morgan fingerprint density at radius 3 is 2.64 bits per heavy atom. The molecule has 0 aromatic heterocycles. The predicted octanol–water partition coefficient (Wildman–Crippen LogP) is 1.52. The summed E-state index contributed by atoms with van der Waals surface area (Å²) in [6.45, 7) is 1.79. The summed E-state index contributed by atoms with van der Waals surface area (Å²) in [5, 5.41) is 26.8. The van der Waals surface area contributed by atoms with Gasteiger partial charge >= 0.3 is 5.97 Å². The Hall–Kier alpha value is -2.02. The molecular weight excluding hydrogens is 182 g/mol. The van der Waals surface area contributed by atoms with Gasteiger partial charge in [-0.3, -0.25) is 0 Å². The fraction of sp³-hybridized carbons (Fsp3) is 0.200. The molecule has 0 bridgehead atoms. The van der Waals surface area contributed by atoms with Crippen LogP contribution in [0.3, 0.4) is 0 Å². The topological polar surface area (TPSA) is 81.3 Å². The summed E-state index contributed by atoms with van der Waals surface area (Å²) in [4.78, 5) is 10.7. The maximum atomic E-state index is 10.7. The minimum atomic E-state index is -1.20. The number of aromatic hydroxyl groups is 1. The molecule has 0 spiro atoms. The molecule has 0 saturated carbocycles. The SMILES string of the molecule is CCc1cc(O)cc(C(=O)O)c1C#N. The number of benzene rings is 1. The molecular formula is C10H9NO3. The molecule has 4 nitrogen and oxygen atoms in total. The normalized spacial score (nSPS) is 9.43. The van der Waals surface area contributed by atoms with E-state index >= 15 is 0 Å².